The van der Waals surface area contributed by atoms with Crippen molar-refractivity contribution >= 4 is 18.0 Å². The third kappa shape index (κ3) is 3.68. The van der Waals surface area contributed by atoms with Gasteiger partial charge in [0, 0.05) is 6.19 Å². The van der Waals surface area contributed by atoms with Crippen LogP contribution < -0.4 is 0 Å². The Hall–Kier alpha value is 0.610. The molecule has 0 atom stereocenters. The summed E-state index contributed by atoms with van der Waals surface area (Å²) in [4.78, 5) is 0. The lowest BCUT2D eigenvalue weighted by Crippen LogP contribution is -2.13. The molecule has 0 aliphatic rings. The maximum atomic E-state index is 5.66. The van der Waals surface area contributed by atoms with Crippen molar-refractivity contribution in [2.45, 2.75) is 26.7 Å². The van der Waals surface area contributed by atoms with Crippen LogP contribution in [0.5, 0.6) is 0 Å². The van der Waals surface area contributed by atoms with Crippen molar-refractivity contribution in [3.63, 3.8) is 0 Å². The summed E-state index contributed by atoms with van der Waals surface area (Å²) < 4.78 is 2.29. The van der Waals surface area contributed by atoms with Gasteiger partial charge in [-0.25, -0.2) is 0 Å². The number of nitrogens with zero attached hydrogens (tertiary/aromatic N) is 1. The number of rotatable bonds is 5. The monoisotopic (exact) mass is 193 g/mol. The van der Waals surface area contributed by atoms with Gasteiger partial charge < -0.3 is 0 Å². The Kier molecular flexibility index (Phi) is 5.58. The Morgan fingerprint density at radius 3 is 1.64 bits per heavy atom. The fraction of sp³-hybridized carbons (Fsp3) is 1.00. The van der Waals surface area contributed by atoms with Crippen LogP contribution in [0, 0.1) is 0 Å². The Balaban J connectivity index is 4.14. The first kappa shape index (κ1) is 11.6. The molecule has 0 aromatic rings. The second-order valence-corrected chi connectivity index (χ2v) is 8.57. The molecule has 0 aromatic carbocycles. The van der Waals surface area contributed by atoms with Gasteiger partial charge in [0.25, 0.3) is 0 Å². The molecular weight excluding hydrogens is 173 g/mol. The summed E-state index contributed by atoms with van der Waals surface area (Å²) >= 11 is 5.66. The van der Waals surface area contributed by atoms with Crippen molar-refractivity contribution < 1.29 is 0 Å². The average molecular weight is 193 g/mol. The Morgan fingerprint density at radius 2 is 1.45 bits per heavy atom. The molecule has 68 valence electrons. The Morgan fingerprint density at radius 1 is 1.09 bits per heavy atom. The molecule has 0 fully saturated rings. The fourth-order valence-electron chi connectivity index (χ4n) is 1.21. The zero-order chi connectivity index (χ0) is 8.91. The van der Waals surface area contributed by atoms with E-state index < -0.39 is 6.19 Å². The summed E-state index contributed by atoms with van der Waals surface area (Å²) in [6, 6.07) is 0. The van der Waals surface area contributed by atoms with Gasteiger partial charge in [0.05, 0.1) is 0 Å². The van der Waals surface area contributed by atoms with Crippen molar-refractivity contribution in [1.29, 1.82) is 0 Å². The molecule has 0 amide bonds. The molecule has 0 aliphatic heterocycles. The van der Waals surface area contributed by atoms with E-state index in [1.807, 2.05) is 0 Å². The first-order valence-electron chi connectivity index (χ1n) is 4.32. The molecule has 0 saturated heterocycles. The third-order valence-electron chi connectivity index (χ3n) is 1.88. The smallest absolute Gasteiger partial charge is 0.0145 e. The zero-order valence-corrected chi connectivity index (χ0v) is 9.84. The highest BCUT2D eigenvalue weighted by Gasteiger charge is 2.16. The Bertz CT molecular complexity index is 135. The summed E-state index contributed by atoms with van der Waals surface area (Å²) in [5.41, 5.74) is 0. The predicted molar refractivity (Wildman–Crippen MR) is 58.3 cm³/mol. The van der Waals surface area contributed by atoms with E-state index in [2.05, 4.69) is 32.6 Å². The van der Waals surface area contributed by atoms with Crippen LogP contribution in [-0.4, -0.2) is 31.1 Å². The molecule has 0 heterocycles. The normalized spacial score (nSPS) is 12.5. The maximum Gasteiger partial charge on any atom is 0.0145 e. The van der Waals surface area contributed by atoms with Gasteiger partial charge in [-0.2, -0.15) is 0 Å². The molecule has 0 bridgehead atoms. The van der Waals surface area contributed by atoms with Gasteiger partial charge in [-0.15, -0.1) is 0 Å². The predicted octanol–water partition coefficient (Wildman–Crippen LogP) is 2.76. The SMILES string of the molecule is CCCP(=S)(CCC)N(C)C. The minimum atomic E-state index is -1.12. The van der Waals surface area contributed by atoms with Crippen LogP contribution in [-0.2, 0) is 11.8 Å². The summed E-state index contributed by atoms with van der Waals surface area (Å²) in [6.45, 7) is 4.44. The maximum absolute atomic E-state index is 5.66. The van der Waals surface area contributed by atoms with Gasteiger partial charge in [-0.1, -0.05) is 38.5 Å². The van der Waals surface area contributed by atoms with Crippen molar-refractivity contribution in [3.8, 4) is 0 Å². The molecule has 0 aromatic heterocycles. The van der Waals surface area contributed by atoms with Crippen molar-refractivity contribution in [1.82, 2.24) is 4.67 Å². The van der Waals surface area contributed by atoms with Crippen LogP contribution in [0.15, 0.2) is 0 Å². The zero-order valence-electron chi connectivity index (χ0n) is 8.13. The summed E-state index contributed by atoms with van der Waals surface area (Å²) in [5.74, 6) is 0. The van der Waals surface area contributed by atoms with E-state index in [0.29, 0.717) is 0 Å². The summed E-state index contributed by atoms with van der Waals surface area (Å²) in [7, 11) is 4.26. The minimum Gasteiger partial charge on any atom is -0.281 e. The van der Waals surface area contributed by atoms with Crippen LogP contribution in [0.25, 0.3) is 0 Å². The van der Waals surface area contributed by atoms with Gasteiger partial charge in [0.1, 0.15) is 0 Å². The van der Waals surface area contributed by atoms with Gasteiger partial charge in [0.15, 0.2) is 0 Å². The highest BCUT2D eigenvalue weighted by atomic mass is 32.4. The van der Waals surface area contributed by atoms with E-state index in [9.17, 15) is 0 Å². The van der Waals surface area contributed by atoms with E-state index >= 15 is 0 Å². The number of hydrogen-bond donors (Lipinski definition) is 0. The first-order valence-corrected chi connectivity index (χ1v) is 7.45. The molecule has 11 heavy (non-hydrogen) atoms. The van der Waals surface area contributed by atoms with Crippen LogP contribution >= 0.6 is 6.19 Å². The lowest BCUT2D eigenvalue weighted by molar-refractivity contribution is 0.667. The van der Waals surface area contributed by atoms with Crippen LogP contribution in [0.4, 0.5) is 0 Å². The van der Waals surface area contributed by atoms with E-state index in [1.54, 1.807) is 0 Å². The summed E-state index contributed by atoms with van der Waals surface area (Å²) in [5, 5.41) is 0. The standard InChI is InChI=1S/C8H20NPS/c1-5-7-10(11,8-6-2)9(3)4/h5-8H2,1-4H3. The highest BCUT2D eigenvalue weighted by molar-refractivity contribution is 8.13. The van der Waals surface area contributed by atoms with E-state index in [-0.39, 0.29) is 0 Å². The highest BCUT2D eigenvalue weighted by Crippen LogP contribution is 2.48. The second-order valence-electron chi connectivity index (χ2n) is 3.14. The van der Waals surface area contributed by atoms with E-state index in [4.69, 9.17) is 11.8 Å². The quantitative estimate of drug-likeness (QED) is 0.618. The lowest BCUT2D eigenvalue weighted by atomic mass is 10.6. The molecule has 0 N–H and O–H groups in total. The van der Waals surface area contributed by atoms with E-state index in [0.717, 1.165) is 0 Å². The molecular formula is C8H20NPS. The van der Waals surface area contributed by atoms with Crippen molar-refractivity contribution in [3.05, 3.63) is 0 Å². The molecule has 0 unspecified atom stereocenters. The fourth-order valence-corrected chi connectivity index (χ4v) is 4.73. The molecule has 0 rings (SSSR count). The first-order chi connectivity index (χ1) is 5.06. The average Bonchev–Trinajstić information content (AvgIpc) is 1.88. The Labute approximate surface area is 76.2 Å². The molecule has 0 aliphatic carbocycles. The molecule has 3 heteroatoms. The minimum absolute atomic E-state index is 1.12. The second kappa shape index (κ2) is 5.29. The summed E-state index contributed by atoms with van der Waals surface area (Å²) in [6.07, 6.45) is 3.82. The van der Waals surface area contributed by atoms with Gasteiger partial charge in [0.2, 0.25) is 0 Å². The van der Waals surface area contributed by atoms with Gasteiger partial charge >= 0.3 is 0 Å². The molecule has 1 nitrogen and oxygen atoms in total. The third-order valence-corrected chi connectivity index (χ3v) is 7.70. The van der Waals surface area contributed by atoms with Crippen LogP contribution in [0.3, 0.4) is 0 Å². The van der Waals surface area contributed by atoms with Crippen LogP contribution in [0.2, 0.25) is 0 Å². The van der Waals surface area contributed by atoms with Crippen LogP contribution in [0.1, 0.15) is 26.7 Å². The molecule has 0 saturated carbocycles. The lowest BCUT2D eigenvalue weighted by Gasteiger charge is -2.28. The van der Waals surface area contributed by atoms with Gasteiger partial charge in [-0.3, -0.25) is 4.67 Å². The topological polar surface area (TPSA) is 3.24 Å². The molecule has 0 radical (unpaired) electrons. The van der Waals surface area contributed by atoms with Crippen molar-refractivity contribution in [2.75, 3.05) is 26.4 Å². The molecule has 0 spiro atoms. The van der Waals surface area contributed by atoms with Crippen molar-refractivity contribution in [2.24, 2.45) is 0 Å². The van der Waals surface area contributed by atoms with Gasteiger partial charge in [-0.05, 0) is 26.4 Å². The van der Waals surface area contributed by atoms with E-state index in [1.165, 1.54) is 25.2 Å². The number of hydrogen-bond acceptors (Lipinski definition) is 1. The largest absolute Gasteiger partial charge is 0.281 e.